The molecule has 0 fully saturated rings. The Bertz CT molecular complexity index is 1480. The zero-order valence-electron chi connectivity index (χ0n) is 21.7. The van der Waals surface area contributed by atoms with Crippen LogP contribution in [0.5, 0.6) is 5.75 Å². The van der Waals surface area contributed by atoms with Crippen LogP contribution in [-0.4, -0.2) is 39.6 Å². The van der Waals surface area contributed by atoms with Gasteiger partial charge in [-0.2, -0.15) is 0 Å². The number of fused-ring (bicyclic) bond motifs is 3. The van der Waals surface area contributed by atoms with Gasteiger partial charge in [-0.05, 0) is 29.3 Å². The number of aliphatic hydroxyl groups excluding tert-OH is 1. The molecule has 0 radical (unpaired) electrons. The zero-order valence-corrected chi connectivity index (χ0v) is 21.7. The smallest absolute Gasteiger partial charge is 0.269 e. The summed E-state index contributed by atoms with van der Waals surface area (Å²) in [6.07, 6.45) is -0.865. The van der Waals surface area contributed by atoms with E-state index in [1.54, 1.807) is 12.1 Å². The lowest BCUT2D eigenvalue weighted by molar-refractivity contribution is -0.385. The van der Waals surface area contributed by atoms with Gasteiger partial charge >= 0.3 is 0 Å². The molecule has 1 atom stereocenters. The minimum absolute atomic E-state index is 0.0307. The van der Waals surface area contributed by atoms with E-state index in [1.807, 2.05) is 68.4 Å². The maximum absolute atomic E-state index is 11.1. The van der Waals surface area contributed by atoms with Crippen molar-refractivity contribution in [2.75, 3.05) is 19.7 Å². The van der Waals surface area contributed by atoms with Crippen LogP contribution in [0.15, 0.2) is 97.1 Å². The standard InChI is InChI=1S/C29H27N3O4.C2H6/c33-29(22-9-6-10-23(17-22)32(34)35)20-31(19-21-7-2-1-3-8-21)15-16-36-24-13-14-26-25-11-4-5-12-27(25)30-28(26)18-24;1-2/h1-14,17-18,29-30,33H,15-16,19-20H2;1-2H3. The minimum Gasteiger partial charge on any atom is -0.492 e. The number of hydrogen-bond donors (Lipinski definition) is 2. The van der Waals surface area contributed by atoms with E-state index in [2.05, 4.69) is 28.1 Å². The summed E-state index contributed by atoms with van der Waals surface area (Å²) in [4.78, 5) is 16.2. The van der Waals surface area contributed by atoms with E-state index < -0.39 is 11.0 Å². The molecule has 0 amide bonds. The third kappa shape index (κ3) is 6.56. The number of hydrogen-bond acceptors (Lipinski definition) is 5. The highest BCUT2D eigenvalue weighted by Crippen LogP contribution is 2.28. The number of ether oxygens (including phenoxy) is 1. The van der Waals surface area contributed by atoms with Gasteiger partial charge in [0.1, 0.15) is 12.4 Å². The lowest BCUT2D eigenvalue weighted by Crippen LogP contribution is -2.32. The summed E-state index contributed by atoms with van der Waals surface area (Å²) < 4.78 is 6.08. The van der Waals surface area contributed by atoms with Crippen LogP contribution < -0.4 is 4.74 Å². The Labute approximate surface area is 222 Å². The van der Waals surface area contributed by atoms with E-state index >= 15 is 0 Å². The summed E-state index contributed by atoms with van der Waals surface area (Å²) in [6.45, 7) is 5.95. The van der Waals surface area contributed by atoms with Crippen molar-refractivity contribution in [1.29, 1.82) is 0 Å². The molecule has 1 unspecified atom stereocenters. The van der Waals surface area contributed by atoms with Crippen LogP contribution in [0.2, 0.25) is 0 Å². The van der Waals surface area contributed by atoms with E-state index in [0.29, 0.717) is 31.8 Å². The van der Waals surface area contributed by atoms with Gasteiger partial charge < -0.3 is 14.8 Å². The molecule has 1 heterocycles. The molecule has 0 aliphatic heterocycles. The van der Waals surface area contributed by atoms with Gasteiger partial charge in [0.15, 0.2) is 0 Å². The Hall–Kier alpha value is -4.20. The number of H-pyrrole nitrogens is 1. The van der Waals surface area contributed by atoms with E-state index in [-0.39, 0.29) is 5.69 Å². The second-order valence-corrected chi connectivity index (χ2v) is 8.82. The number of nitro groups is 1. The fraction of sp³-hybridized carbons (Fsp3) is 0.226. The number of rotatable bonds is 10. The molecule has 0 saturated heterocycles. The highest BCUT2D eigenvalue weighted by molar-refractivity contribution is 6.07. The number of aliphatic hydroxyl groups is 1. The third-order valence-electron chi connectivity index (χ3n) is 6.30. The van der Waals surface area contributed by atoms with Gasteiger partial charge in [0.2, 0.25) is 0 Å². The molecule has 4 aromatic carbocycles. The van der Waals surface area contributed by atoms with Crippen LogP contribution in [0.3, 0.4) is 0 Å². The van der Waals surface area contributed by atoms with Crippen molar-refractivity contribution < 1.29 is 14.8 Å². The maximum atomic E-state index is 11.1. The van der Waals surface area contributed by atoms with Gasteiger partial charge in [-0.3, -0.25) is 15.0 Å². The Kier molecular flexibility index (Phi) is 9.08. The van der Waals surface area contributed by atoms with E-state index in [9.17, 15) is 15.2 Å². The van der Waals surface area contributed by atoms with Gasteiger partial charge in [0.25, 0.3) is 5.69 Å². The fourth-order valence-electron chi connectivity index (χ4n) is 4.49. The normalized spacial score (nSPS) is 11.8. The van der Waals surface area contributed by atoms with Crippen LogP contribution in [0, 0.1) is 10.1 Å². The van der Waals surface area contributed by atoms with Crippen molar-refractivity contribution in [2.24, 2.45) is 0 Å². The Morgan fingerprint density at radius 2 is 1.63 bits per heavy atom. The Morgan fingerprint density at radius 3 is 2.42 bits per heavy atom. The van der Waals surface area contributed by atoms with Crippen molar-refractivity contribution >= 4 is 27.5 Å². The summed E-state index contributed by atoms with van der Waals surface area (Å²) in [5.41, 5.74) is 3.72. The first-order valence-corrected chi connectivity index (χ1v) is 12.9. The van der Waals surface area contributed by atoms with Crippen molar-refractivity contribution in [1.82, 2.24) is 9.88 Å². The summed E-state index contributed by atoms with van der Waals surface area (Å²) in [5, 5.41) is 24.4. The van der Waals surface area contributed by atoms with Crippen molar-refractivity contribution in [3.63, 3.8) is 0 Å². The number of nitrogens with zero attached hydrogens (tertiary/aromatic N) is 2. The van der Waals surface area contributed by atoms with Gasteiger partial charge in [0, 0.05) is 54.1 Å². The largest absolute Gasteiger partial charge is 0.492 e. The zero-order chi connectivity index (χ0) is 26.9. The van der Waals surface area contributed by atoms with Crippen LogP contribution in [0.4, 0.5) is 5.69 Å². The average Bonchev–Trinajstić information content (AvgIpc) is 3.32. The summed E-state index contributed by atoms with van der Waals surface area (Å²) >= 11 is 0. The van der Waals surface area contributed by atoms with Crippen molar-refractivity contribution in [2.45, 2.75) is 26.5 Å². The first-order valence-electron chi connectivity index (χ1n) is 12.9. The molecule has 2 N–H and O–H groups in total. The molecule has 0 aliphatic carbocycles. The highest BCUT2D eigenvalue weighted by Gasteiger charge is 2.17. The highest BCUT2D eigenvalue weighted by atomic mass is 16.6. The Balaban J connectivity index is 0.00000164. The minimum atomic E-state index is -0.865. The second-order valence-electron chi connectivity index (χ2n) is 8.82. The molecule has 7 heteroatoms. The van der Waals surface area contributed by atoms with Crippen LogP contribution >= 0.6 is 0 Å². The van der Waals surface area contributed by atoms with Crippen molar-refractivity contribution in [3.05, 3.63) is 118 Å². The monoisotopic (exact) mass is 511 g/mol. The molecule has 5 aromatic rings. The second kappa shape index (κ2) is 12.9. The Morgan fingerprint density at radius 1 is 0.895 bits per heavy atom. The number of benzene rings is 4. The average molecular weight is 512 g/mol. The van der Waals surface area contributed by atoms with Crippen LogP contribution in [-0.2, 0) is 6.54 Å². The molecule has 0 spiro atoms. The lowest BCUT2D eigenvalue weighted by atomic mass is 10.1. The van der Waals surface area contributed by atoms with E-state index in [0.717, 1.165) is 27.7 Å². The quantitative estimate of drug-likeness (QED) is 0.158. The maximum Gasteiger partial charge on any atom is 0.269 e. The topological polar surface area (TPSA) is 91.6 Å². The van der Waals surface area contributed by atoms with Gasteiger partial charge in [-0.1, -0.05) is 74.5 Å². The van der Waals surface area contributed by atoms with Gasteiger partial charge in [0.05, 0.1) is 16.5 Å². The van der Waals surface area contributed by atoms with E-state index in [1.165, 1.54) is 17.5 Å². The molecule has 0 saturated carbocycles. The first-order chi connectivity index (χ1) is 18.6. The summed E-state index contributed by atoms with van der Waals surface area (Å²) in [5.74, 6) is 0.771. The fourth-order valence-corrected chi connectivity index (χ4v) is 4.49. The van der Waals surface area contributed by atoms with Crippen molar-refractivity contribution in [3.8, 4) is 5.75 Å². The molecular weight excluding hydrogens is 478 g/mol. The van der Waals surface area contributed by atoms with E-state index in [4.69, 9.17) is 4.74 Å². The molecule has 0 bridgehead atoms. The molecule has 196 valence electrons. The summed E-state index contributed by atoms with van der Waals surface area (Å²) in [7, 11) is 0. The number of aromatic amines is 1. The number of non-ortho nitro benzene ring substituents is 1. The summed E-state index contributed by atoms with van der Waals surface area (Å²) in [6, 6.07) is 30.4. The molecule has 5 rings (SSSR count). The first kappa shape index (κ1) is 26.9. The third-order valence-corrected chi connectivity index (χ3v) is 6.30. The SMILES string of the molecule is CC.O=[N+]([O-])c1cccc(C(O)CN(CCOc2ccc3c(c2)[nH]c2ccccc23)Cc2ccccc2)c1. The number of nitrogens with one attached hydrogen (secondary N) is 1. The molecule has 38 heavy (non-hydrogen) atoms. The predicted molar refractivity (Wildman–Crippen MR) is 152 cm³/mol. The molecule has 7 nitrogen and oxygen atoms in total. The molecular formula is C31H33N3O4. The number of para-hydroxylation sites is 1. The number of nitro benzene ring substituents is 1. The molecule has 1 aromatic heterocycles. The lowest BCUT2D eigenvalue weighted by Gasteiger charge is -2.25. The van der Waals surface area contributed by atoms with Gasteiger partial charge in [-0.25, -0.2) is 0 Å². The van der Waals surface area contributed by atoms with Crippen LogP contribution in [0.1, 0.15) is 31.1 Å². The van der Waals surface area contributed by atoms with Crippen LogP contribution in [0.25, 0.3) is 21.8 Å². The van der Waals surface area contributed by atoms with Gasteiger partial charge in [-0.15, -0.1) is 0 Å². The molecule has 0 aliphatic rings. The number of aromatic nitrogens is 1. The predicted octanol–water partition coefficient (Wildman–Crippen LogP) is 6.87.